The van der Waals surface area contributed by atoms with Gasteiger partial charge in [0.25, 0.3) is 0 Å². The molecule has 0 aliphatic carbocycles. The van der Waals surface area contributed by atoms with E-state index in [2.05, 4.69) is 66.9 Å². The van der Waals surface area contributed by atoms with Crippen molar-refractivity contribution in [1.29, 1.82) is 0 Å². The molecule has 0 aliphatic heterocycles. The van der Waals surface area contributed by atoms with Crippen LogP contribution in [0, 0.1) is 0 Å². The molecule has 0 unspecified atom stereocenters. The fourth-order valence-corrected chi connectivity index (χ4v) is 6.76. The summed E-state index contributed by atoms with van der Waals surface area (Å²) in [5.41, 5.74) is 2.37. The van der Waals surface area contributed by atoms with Crippen LogP contribution in [-0.4, -0.2) is 60.2 Å². The van der Waals surface area contributed by atoms with Gasteiger partial charge >= 0.3 is 59.9 Å². The Bertz CT molecular complexity index is 950. The quantitative estimate of drug-likeness (QED) is 0.162. The maximum absolute atomic E-state index is 5.71. The van der Waals surface area contributed by atoms with Crippen LogP contribution in [0.25, 0.3) is 0 Å². The minimum atomic E-state index is -2.15. The average molecular weight is 692 g/mol. The first-order chi connectivity index (χ1) is 17.9. The van der Waals surface area contributed by atoms with Crippen LogP contribution in [0.2, 0.25) is 19.6 Å². The fraction of sp³-hybridized carbons (Fsp3) is 0.462. The van der Waals surface area contributed by atoms with Crippen LogP contribution in [0.1, 0.15) is 25.0 Å². The molecule has 0 fully saturated rings. The minimum absolute atomic E-state index is 0. The molecule has 13 heteroatoms. The molecule has 0 aromatic heterocycles. The maximum Gasteiger partial charge on any atom is 1.00 e. The first-order valence-electron chi connectivity index (χ1n) is 12.0. The molecule has 0 saturated carbocycles. The van der Waals surface area contributed by atoms with Gasteiger partial charge in [-0.1, -0.05) is 60.3 Å². The van der Waals surface area contributed by atoms with Gasteiger partial charge in [-0.3, -0.25) is 0 Å². The van der Waals surface area contributed by atoms with Gasteiger partial charge in [0.15, 0.2) is 0 Å². The zero-order valence-electron chi connectivity index (χ0n) is 24.5. The van der Waals surface area contributed by atoms with Gasteiger partial charge in [-0.15, -0.1) is 11.6 Å². The van der Waals surface area contributed by atoms with Gasteiger partial charge in [-0.25, -0.2) is 0 Å². The van der Waals surface area contributed by atoms with Gasteiger partial charge in [-0.2, -0.15) is 0 Å². The Labute approximate surface area is 306 Å². The van der Waals surface area contributed by atoms with Crippen molar-refractivity contribution in [3.63, 3.8) is 0 Å². The number of hydrogen-bond acceptors (Lipinski definition) is 9. The standard InChI is InChI=1S/C13H20O2S2Si.C10H15ClO2Si.C3H6OS2.K/c1-5-15-13(16)17-10-11-6-8-12(9-7-11)18(3,4)14-2;1-12-14(3,13-2)10-6-4-9(8-11)5-7-10;1-2-4-3(5)6;/h6-9H,5,10H2,1-4H3;4-7H,8H2,1-3H3;2H2,1H3,(H,5,6);/q;;;+1/p-1. The predicted molar refractivity (Wildman–Crippen MR) is 179 cm³/mol. The number of hydrogen-bond donors (Lipinski definition) is 0. The summed E-state index contributed by atoms with van der Waals surface area (Å²) in [5, 5.41) is 2.43. The molecule has 0 heterocycles. The molecule has 0 bridgehead atoms. The normalized spacial score (nSPS) is 10.6. The summed E-state index contributed by atoms with van der Waals surface area (Å²) >= 11 is 21.1. The predicted octanol–water partition coefficient (Wildman–Crippen LogP) is 3.16. The second-order valence-electron chi connectivity index (χ2n) is 8.25. The second-order valence-corrected chi connectivity index (χ2v) is 18.4. The summed E-state index contributed by atoms with van der Waals surface area (Å²) in [5.74, 6) is 1.40. The molecule has 0 radical (unpaired) electrons. The second kappa shape index (κ2) is 23.5. The molecule has 0 spiro atoms. The van der Waals surface area contributed by atoms with Crippen LogP contribution in [0.3, 0.4) is 0 Å². The van der Waals surface area contributed by atoms with E-state index in [4.69, 9.17) is 41.8 Å². The first kappa shape index (κ1) is 42.2. The van der Waals surface area contributed by atoms with Gasteiger partial charge < -0.3 is 47.6 Å². The number of rotatable bonds is 10. The van der Waals surface area contributed by atoms with Crippen LogP contribution in [0.15, 0.2) is 48.5 Å². The van der Waals surface area contributed by atoms with Crippen molar-refractivity contribution >= 4 is 96.4 Å². The Morgan fingerprint density at radius 3 is 1.62 bits per heavy atom. The average Bonchev–Trinajstić information content (AvgIpc) is 2.92. The molecule has 2 rings (SSSR count). The van der Waals surface area contributed by atoms with Crippen LogP contribution in [0.5, 0.6) is 0 Å². The molecule has 0 saturated heterocycles. The largest absolute Gasteiger partial charge is 1.00 e. The number of alkyl halides is 1. The van der Waals surface area contributed by atoms with E-state index in [-0.39, 0.29) is 55.8 Å². The van der Waals surface area contributed by atoms with Crippen molar-refractivity contribution in [3.05, 3.63) is 59.7 Å². The topological polar surface area (TPSA) is 46.2 Å². The van der Waals surface area contributed by atoms with Gasteiger partial charge in [-0.05, 0) is 67.2 Å². The van der Waals surface area contributed by atoms with E-state index < -0.39 is 16.9 Å². The third-order valence-electron chi connectivity index (χ3n) is 5.45. The molecular formula is C26H40ClKO5S4Si2. The summed E-state index contributed by atoms with van der Waals surface area (Å²) < 4.78 is 27.1. The molecule has 0 atom stereocenters. The summed E-state index contributed by atoms with van der Waals surface area (Å²) in [6, 6.07) is 16.7. The van der Waals surface area contributed by atoms with Crippen molar-refractivity contribution in [2.75, 3.05) is 34.5 Å². The fourth-order valence-electron chi connectivity index (χ4n) is 2.76. The number of benzene rings is 2. The van der Waals surface area contributed by atoms with Crippen LogP contribution >= 0.6 is 47.8 Å². The van der Waals surface area contributed by atoms with E-state index in [1.165, 1.54) is 10.8 Å². The van der Waals surface area contributed by atoms with Crippen molar-refractivity contribution in [2.45, 2.75) is 45.1 Å². The monoisotopic (exact) mass is 690 g/mol. The SMILES string of the molecule is CCOC(=S)SCc1ccc([Si](C)(C)OC)cc1.CCOC(=S)[S-].CO[Si](C)(OC)c1ccc(CCl)cc1.[K+]. The van der Waals surface area contributed by atoms with Gasteiger partial charge in [0.05, 0.1) is 13.2 Å². The van der Waals surface area contributed by atoms with Crippen LogP contribution in [-0.2, 0) is 47.0 Å². The van der Waals surface area contributed by atoms with E-state index in [0.29, 0.717) is 23.5 Å². The zero-order valence-corrected chi connectivity index (χ0v) is 33.6. The summed E-state index contributed by atoms with van der Waals surface area (Å²) in [7, 11) is 1.32. The van der Waals surface area contributed by atoms with Crippen molar-refractivity contribution < 1.29 is 74.1 Å². The molecular weight excluding hydrogens is 651 g/mol. The maximum atomic E-state index is 5.71. The summed E-state index contributed by atoms with van der Waals surface area (Å²) in [6.45, 7) is 11.4. The summed E-state index contributed by atoms with van der Waals surface area (Å²) in [4.78, 5) is 0. The van der Waals surface area contributed by atoms with Gasteiger partial charge in [0.2, 0.25) is 12.7 Å². The summed E-state index contributed by atoms with van der Waals surface area (Å²) in [6.07, 6.45) is 0. The van der Waals surface area contributed by atoms with Crippen molar-refractivity contribution in [1.82, 2.24) is 0 Å². The van der Waals surface area contributed by atoms with E-state index in [0.717, 1.165) is 16.5 Å². The first-order valence-corrected chi connectivity index (χ1v) is 19.9. The smallest absolute Gasteiger partial charge is 0.514 e. The molecule has 2 aromatic rings. The van der Waals surface area contributed by atoms with Crippen LogP contribution in [0.4, 0.5) is 0 Å². The molecule has 0 N–H and O–H groups in total. The molecule has 0 amide bonds. The minimum Gasteiger partial charge on any atom is -0.514 e. The number of ether oxygens (including phenoxy) is 2. The zero-order chi connectivity index (χ0) is 29.2. The third kappa shape index (κ3) is 17.7. The Morgan fingerprint density at radius 1 is 0.795 bits per heavy atom. The molecule has 2 aromatic carbocycles. The number of thioether (sulfide) groups is 1. The van der Waals surface area contributed by atoms with E-state index in [9.17, 15) is 0 Å². The number of halogens is 1. The van der Waals surface area contributed by atoms with Gasteiger partial charge in [0.1, 0.15) is 0 Å². The van der Waals surface area contributed by atoms with Gasteiger partial charge in [0, 0.05) is 37.3 Å². The van der Waals surface area contributed by atoms with E-state index >= 15 is 0 Å². The van der Waals surface area contributed by atoms with E-state index in [1.54, 1.807) is 33.1 Å². The Morgan fingerprint density at radius 2 is 1.26 bits per heavy atom. The Kier molecular flexibility index (Phi) is 25.4. The van der Waals surface area contributed by atoms with Crippen molar-refractivity contribution in [2.24, 2.45) is 0 Å². The van der Waals surface area contributed by atoms with E-state index in [1.807, 2.05) is 44.7 Å². The molecule has 0 aliphatic rings. The third-order valence-corrected chi connectivity index (χ3v) is 13.0. The van der Waals surface area contributed by atoms with Crippen molar-refractivity contribution in [3.8, 4) is 0 Å². The Balaban J connectivity index is 0. The Hall–Kier alpha value is 1.03. The molecule has 214 valence electrons. The molecule has 5 nitrogen and oxygen atoms in total. The van der Waals surface area contributed by atoms with Crippen LogP contribution < -0.4 is 61.8 Å². The number of thiocarbonyl (C=S) groups is 2. The molecule has 39 heavy (non-hydrogen) atoms.